The lowest BCUT2D eigenvalue weighted by Crippen LogP contribution is -2.11. The summed E-state index contributed by atoms with van der Waals surface area (Å²) in [5, 5.41) is 5.05. The molecule has 0 N–H and O–H groups in total. The molecule has 0 unspecified atom stereocenters. The lowest BCUT2D eigenvalue weighted by atomic mass is 9.95. The van der Waals surface area contributed by atoms with Gasteiger partial charge < -0.3 is 9.47 Å². The van der Waals surface area contributed by atoms with Crippen LogP contribution < -0.4 is 4.90 Å². The van der Waals surface area contributed by atoms with Gasteiger partial charge in [-0.1, -0.05) is 200 Å². The first-order valence-corrected chi connectivity index (χ1v) is 22.3. The smallest absolute Gasteiger partial charge is 0.0618 e. The average Bonchev–Trinajstić information content (AvgIpc) is 3.91. The van der Waals surface area contributed by atoms with E-state index in [1.54, 1.807) is 0 Å². The molecule has 0 spiro atoms. The van der Waals surface area contributed by atoms with Gasteiger partial charge in [0.15, 0.2) is 0 Å². The summed E-state index contributed by atoms with van der Waals surface area (Å²) in [7, 11) is 0. The van der Waals surface area contributed by atoms with Crippen LogP contribution >= 0.6 is 11.3 Å². The van der Waals surface area contributed by atoms with Gasteiger partial charge in [0.25, 0.3) is 0 Å². The summed E-state index contributed by atoms with van der Waals surface area (Å²) in [6.45, 7) is 0. The Bertz CT molecular complexity index is 3550. The summed E-state index contributed by atoms with van der Waals surface area (Å²) < 4.78 is 5.14. The fraction of sp³-hybridized carbons (Fsp3) is 0. The van der Waals surface area contributed by atoms with Crippen molar-refractivity contribution in [3.05, 3.63) is 243 Å². The van der Waals surface area contributed by atoms with Crippen molar-refractivity contribution in [2.24, 2.45) is 0 Å². The van der Waals surface area contributed by atoms with Crippen molar-refractivity contribution in [3.8, 4) is 50.2 Å². The van der Waals surface area contributed by atoms with Crippen LogP contribution in [0.5, 0.6) is 0 Å². The Kier molecular flexibility index (Phi) is 9.06. The van der Waals surface area contributed by atoms with E-state index in [1.807, 2.05) is 11.3 Å². The fourth-order valence-corrected chi connectivity index (χ4v) is 10.8. The van der Waals surface area contributed by atoms with Crippen LogP contribution in [0.2, 0.25) is 0 Å². The van der Waals surface area contributed by atoms with E-state index >= 15 is 0 Å². The van der Waals surface area contributed by atoms with Gasteiger partial charge in [0, 0.05) is 59.0 Å². The normalized spacial score (nSPS) is 11.5. The van der Waals surface area contributed by atoms with Crippen LogP contribution in [0.4, 0.5) is 17.1 Å². The molecular formula is C60H40N2S. The van der Waals surface area contributed by atoms with Crippen LogP contribution in [0, 0.1) is 0 Å². The van der Waals surface area contributed by atoms with Gasteiger partial charge >= 0.3 is 0 Å². The van der Waals surface area contributed by atoms with Crippen molar-refractivity contribution in [1.29, 1.82) is 0 Å². The van der Waals surface area contributed by atoms with Crippen molar-refractivity contribution in [1.82, 2.24) is 4.57 Å². The lowest BCUT2D eigenvalue weighted by Gasteiger charge is -2.28. The molecule has 0 amide bonds. The molecule has 0 radical (unpaired) electrons. The maximum absolute atomic E-state index is 2.51. The highest BCUT2D eigenvalue weighted by atomic mass is 32.1. The molecule has 2 nitrogen and oxygen atoms in total. The zero-order chi connectivity index (χ0) is 41.7. The van der Waals surface area contributed by atoms with E-state index in [2.05, 4.69) is 252 Å². The molecule has 63 heavy (non-hydrogen) atoms. The SMILES string of the molecule is c1ccc(-c2ccccc2N(c2ccc(-c3cccc4c3sc3ccccc34)cc2)c2ccc3c4ccccc4n(-c4c(-c5ccccc5)cccc4-c4ccccc4)c3c2)cc1. The van der Waals surface area contributed by atoms with Crippen LogP contribution in [-0.2, 0) is 0 Å². The number of anilines is 3. The number of hydrogen-bond acceptors (Lipinski definition) is 2. The highest BCUT2D eigenvalue weighted by Gasteiger charge is 2.23. The van der Waals surface area contributed by atoms with Crippen LogP contribution in [0.25, 0.3) is 92.2 Å². The molecule has 10 aromatic carbocycles. The minimum atomic E-state index is 1.08. The summed E-state index contributed by atoms with van der Waals surface area (Å²) in [5.41, 5.74) is 16.3. The summed E-state index contributed by atoms with van der Waals surface area (Å²) >= 11 is 1.88. The third kappa shape index (κ3) is 6.33. The summed E-state index contributed by atoms with van der Waals surface area (Å²) in [6, 6.07) is 88.4. The predicted octanol–water partition coefficient (Wildman–Crippen LogP) is 17.3. The molecule has 0 aliphatic carbocycles. The molecular weight excluding hydrogens is 781 g/mol. The summed E-state index contributed by atoms with van der Waals surface area (Å²) in [6.07, 6.45) is 0. The largest absolute Gasteiger partial charge is 0.310 e. The quantitative estimate of drug-likeness (QED) is 0.148. The molecule has 0 saturated heterocycles. The minimum Gasteiger partial charge on any atom is -0.310 e. The van der Waals surface area contributed by atoms with Crippen molar-refractivity contribution in [3.63, 3.8) is 0 Å². The van der Waals surface area contributed by atoms with Gasteiger partial charge in [0.1, 0.15) is 0 Å². The third-order valence-corrected chi connectivity index (χ3v) is 13.6. The first-order valence-electron chi connectivity index (χ1n) is 21.5. The molecule has 0 saturated carbocycles. The molecule has 2 heterocycles. The van der Waals surface area contributed by atoms with E-state index in [0.29, 0.717) is 0 Å². The van der Waals surface area contributed by atoms with Gasteiger partial charge in [-0.3, -0.25) is 0 Å². The zero-order valence-corrected chi connectivity index (χ0v) is 35.2. The van der Waals surface area contributed by atoms with Gasteiger partial charge in [0.05, 0.1) is 22.4 Å². The van der Waals surface area contributed by atoms with Crippen LogP contribution in [-0.4, -0.2) is 4.57 Å². The van der Waals surface area contributed by atoms with Crippen molar-refractivity contribution in [2.45, 2.75) is 0 Å². The fourth-order valence-electron chi connectivity index (χ4n) is 9.55. The number of aromatic nitrogens is 1. The van der Waals surface area contributed by atoms with E-state index in [9.17, 15) is 0 Å². The highest BCUT2D eigenvalue weighted by Crippen LogP contribution is 2.46. The molecule has 0 aliphatic heterocycles. The Balaban J connectivity index is 1.10. The zero-order valence-electron chi connectivity index (χ0n) is 34.4. The number of rotatable bonds is 8. The average molecular weight is 821 g/mol. The molecule has 0 aliphatic rings. The molecule has 0 fully saturated rings. The number of nitrogens with zero attached hydrogens (tertiary/aromatic N) is 2. The van der Waals surface area contributed by atoms with E-state index in [-0.39, 0.29) is 0 Å². The molecule has 12 aromatic rings. The highest BCUT2D eigenvalue weighted by molar-refractivity contribution is 7.26. The number of fused-ring (bicyclic) bond motifs is 6. The minimum absolute atomic E-state index is 1.08. The van der Waals surface area contributed by atoms with E-state index in [1.165, 1.54) is 81.0 Å². The number of para-hydroxylation sites is 3. The van der Waals surface area contributed by atoms with Gasteiger partial charge in [-0.05, 0) is 70.3 Å². The van der Waals surface area contributed by atoms with Gasteiger partial charge in [-0.25, -0.2) is 0 Å². The van der Waals surface area contributed by atoms with E-state index < -0.39 is 0 Å². The second kappa shape index (κ2) is 15.5. The third-order valence-electron chi connectivity index (χ3n) is 12.4. The number of hydrogen-bond donors (Lipinski definition) is 0. The first-order chi connectivity index (χ1) is 31.3. The first kappa shape index (κ1) is 36.8. The lowest BCUT2D eigenvalue weighted by molar-refractivity contribution is 1.18. The Labute approximate surface area is 370 Å². The predicted molar refractivity (Wildman–Crippen MR) is 270 cm³/mol. The monoisotopic (exact) mass is 820 g/mol. The number of thiophene rings is 1. The van der Waals surface area contributed by atoms with Crippen molar-refractivity contribution in [2.75, 3.05) is 4.90 Å². The molecule has 0 bridgehead atoms. The second-order valence-electron chi connectivity index (χ2n) is 16.0. The summed E-state index contributed by atoms with van der Waals surface area (Å²) in [5.74, 6) is 0. The molecule has 12 rings (SSSR count). The summed E-state index contributed by atoms with van der Waals surface area (Å²) in [4.78, 5) is 2.44. The molecule has 296 valence electrons. The van der Waals surface area contributed by atoms with Crippen LogP contribution in [0.15, 0.2) is 243 Å². The van der Waals surface area contributed by atoms with E-state index in [0.717, 1.165) is 28.3 Å². The number of benzene rings is 10. The topological polar surface area (TPSA) is 8.17 Å². The standard InChI is InChI=1S/C60H40N2S/c1-4-18-41(19-5-1)47-24-10-13-31-55(47)61(45-36-34-44(35-37-45)50-29-17-30-54-53-26-12-15-33-58(53)63-60(50)54)46-38-39-52-51-25-11-14-32-56(51)62(57(52)40-46)59-48(42-20-6-2-7-21-42)27-16-28-49(59)43-22-8-3-9-23-43/h1-40H. The maximum atomic E-state index is 2.51. The van der Waals surface area contributed by atoms with Crippen molar-refractivity contribution >= 4 is 70.4 Å². The maximum Gasteiger partial charge on any atom is 0.0618 e. The second-order valence-corrected chi connectivity index (χ2v) is 17.1. The molecule has 3 heteroatoms. The van der Waals surface area contributed by atoms with Gasteiger partial charge in [-0.2, -0.15) is 0 Å². The Morgan fingerprint density at radius 1 is 0.317 bits per heavy atom. The molecule has 0 atom stereocenters. The van der Waals surface area contributed by atoms with E-state index in [4.69, 9.17) is 0 Å². The Hall–Kier alpha value is -7.98. The van der Waals surface area contributed by atoms with Gasteiger partial charge in [-0.15, -0.1) is 11.3 Å². The Morgan fingerprint density at radius 3 is 1.52 bits per heavy atom. The molecule has 2 aromatic heterocycles. The Morgan fingerprint density at radius 2 is 0.810 bits per heavy atom. The van der Waals surface area contributed by atoms with Crippen LogP contribution in [0.1, 0.15) is 0 Å². The van der Waals surface area contributed by atoms with Crippen LogP contribution in [0.3, 0.4) is 0 Å². The van der Waals surface area contributed by atoms with Gasteiger partial charge in [0.2, 0.25) is 0 Å². The van der Waals surface area contributed by atoms with Crippen molar-refractivity contribution < 1.29 is 0 Å².